The molecule has 0 spiro atoms. The summed E-state index contributed by atoms with van der Waals surface area (Å²) >= 11 is 0. The third kappa shape index (κ3) is 8.94. The lowest BCUT2D eigenvalue weighted by Crippen LogP contribution is -2.16. The first-order chi connectivity index (χ1) is 11.5. The smallest absolute Gasteiger partial charge is 0.228 e. The van der Waals surface area contributed by atoms with Gasteiger partial charge in [0, 0.05) is 24.0 Å². The van der Waals surface area contributed by atoms with Crippen LogP contribution in [-0.2, 0) is 11.2 Å². The molecule has 2 rings (SSSR count). The monoisotopic (exact) mass is 399 g/mol. The van der Waals surface area contributed by atoms with E-state index in [1.807, 2.05) is 50.5 Å². The Morgan fingerprint density at radius 1 is 1.12 bits per heavy atom. The van der Waals surface area contributed by atoms with Crippen LogP contribution in [-0.4, -0.2) is 38.1 Å². The number of ether oxygens (including phenoxy) is 1. The second-order valence-corrected chi connectivity index (χ2v) is 6.00. The topological polar surface area (TPSA) is 67.6 Å². The number of halogens is 2. The van der Waals surface area contributed by atoms with E-state index in [-0.39, 0.29) is 30.7 Å². The zero-order valence-electron chi connectivity index (χ0n) is 15.1. The Labute approximate surface area is 167 Å². The van der Waals surface area contributed by atoms with E-state index in [2.05, 4.69) is 10.2 Å². The van der Waals surface area contributed by atoms with Crippen LogP contribution in [0.1, 0.15) is 12.0 Å². The standard InChI is InChI=1S/C19H25N3O2.2ClH/c1-22(2)11-4-12-24-18-6-3-5-17(14-18)21-19(23)13-15-7-9-16(20)10-8-15;;/h3,5-10,14H,4,11-13,20H2,1-2H3,(H,21,23);2*1H. The van der Waals surface area contributed by atoms with Gasteiger partial charge in [-0.15, -0.1) is 24.8 Å². The van der Waals surface area contributed by atoms with Gasteiger partial charge in [-0.2, -0.15) is 0 Å². The summed E-state index contributed by atoms with van der Waals surface area (Å²) in [7, 11) is 4.08. The summed E-state index contributed by atoms with van der Waals surface area (Å²) in [5.41, 5.74) is 8.01. The van der Waals surface area contributed by atoms with E-state index in [0.29, 0.717) is 18.7 Å². The molecular weight excluding hydrogens is 373 g/mol. The molecule has 2 aromatic rings. The number of amides is 1. The molecule has 0 fully saturated rings. The van der Waals surface area contributed by atoms with Gasteiger partial charge < -0.3 is 20.7 Å². The normalized spacial score (nSPS) is 9.81. The van der Waals surface area contributed by atoms with Gasteiger partial charge in [-0.05, 0) is 50.3 Å². The van der Waals surface area contributed by atoms with Gasteiger partial charge in [0.15, 0.2) is 0 Å². The zero-order chi connectivity index (χ0) is 17.4. The molecule has 0 radical (unpaired) electrons. The average molecular weight is 400 g/mol. The fourth-order valence-electron chi connectivity index (χ4n) is 2.26. The van der Waals surface area contributed by atoms with Crippen molar-refractivity contribution in [1.82, 2.24) is 4.90 Å². The highest BCUT2D eigenvalue weighted by Gasteiger charge is 2.05. The second-order valence-electron chi connectivity index (χ2n) is 6.00. The fourth-order valence-corrected chi connectivity index (χ4v) is 2.26. The first-order valence-electron chi connectivity index (χ1n) is 8.05. The van der Waals surface area contributed by atoms with E-state index in [1.165, 1.54) is 0 Å². The number of nitrogens with one attached hydrogen (secondary N) is 1. The lowest BCUT2D eigenvalue weighted by Gasteiger charge is -2.11. The number of hydrogen-bond acceptors (Lipinski definition) is 4. The molecule has 0 aliphatic rings. The van der Waals surface area contributed by atoms with E-state index >= 15 is 0 Å². The summed E-state index contributed by atoms with van der Waals surface area (Å²) in [6.45, 7) is 1.64. The van der Waals surface area contributed by atoms with Crippen LogP contribution in [0.2, 0.25) is 0 Å². The van der Waals surface area contributed by atoms with Crippen molar-refractivity contribution < 1.29 is 9.53 Å². The maximum atomic E-state index is 12.1. The molecule has 144 valence electrons. The Morgan fingerprint density at radius 3 is 2.46 bits per heavy atom. The molecule has 0 bridgehead atoms. The van der Waals surface area contributed by atoms with E-state index < -0.39 is 0 Å². The Bertz CT molecular complexity index is 664. The molecule has 0 unspecified atom stereocenters. The summed E-state index contributed by atoms with van der Waals surface area (Å²) in [4.78, 5) is 14.2. The third-order valence-corrected chi connectivity index (χ3v) is 3.48. The van der Waals surface area contributed by atoms with E-state index in [9.17, 15) is 4.79 Å². The number of nitrogens with zero attached hydrogens (tertiary/aromatic N) is 1. The summed E-state index contributed by atoms with van der Waals surface area (Å²) in [6.07, 6.45) is 1.27. The Kier molecular flexibility index (Phi) is 11.5. The van der Waals surface area contributed by atoms with Crippen LogP contribution in [0, 0.1) is 0 Å². The molecule has 0 aliphatic carbocycles. The molecule has 0 saturated heterocycles. The summed E-state index contributed by atoms with van der Waals surface area (Å²) < 4.78 is 5.72. The van der Waals surface area contributed by atoms with Gasteiger partial charge >= 0.3 is 0 Å². The highest BCUT2D eigenvalue weighted by atomic mass is 35.5. The van der Waals surface area contributed by atoms with Crippen LogP contribution in [0.4, 0.5) is 11.4 Å². The highest BCUT2D eigenvalue weighted by Crippen LogP contribution is 2.18. The number of nitrogen functional groups attached to an aromatic ring is 1. The molecule has 7 heteroatoms. The molecule has 2 aromatic carbocycles. The number of anilines is 2. The van der Waals surface area contributed by atoms with Crippen LogP contribution in [0.5, 0.6) is 5.75 Å². The minimum Gasteiger partial charge on any atom is -0.493 e. The Hall–Kier alpha value is -1.95. The number of rotatable bonds is 8. The molecule has 0 atom stereocenters. The number of hydrogen-bond donors (Lipinski definition) is 2. The second kappa shape index (κ2) is 12.4. The van der Waals surface area contributed by atoms with Crippen molar-refractivity contribution in [2.75, 3.05) is 38.3 Å². The van der Waals surface area contributed by atoms with Gasteiger partial charge in [0.05, 0.1) is 13.0 Å². The van der Waals surface area contributed by atoms with Crippen LogP contribution in [0.25, 0.3) is 0 Å². The van der Waals surface area contributed by atoms with E-state index in [1.54, 1.807) is 12.1 Å². The Morgan fingerprint density at radius 2 is 1.81 bits per heavy atom. The lowest BCUT2D eigenvalue weighted by molar-refractivity contribution is -0.115. The van der Waals surface area contributed by atoms with Crippen LogP contribution in [0.15, 0.2) is 48.5 Å². The maximum Gasteiger partial charge on any atom is 0.228 e. The van der Waals surface area contributed by atoms with Gasteiger partial charge in [-0.25, -0.2) is 0 Å². The van der Waals surface area contributed by atoms with Gasteiger partial charge in [0.1, 0.15) is 5.75 Å². The first kappa shape index (κ1) is 24.1. The zero-order valence-corrected chi connectivity index (χ0v) is 16.7. The molecule has 3 N–H and O–H groups in total. The minimum absolute atomic E-state index is 0. The van der Waals surface area contributed by atoms with Gasteiger partial charge in [-0.1, -0.05) is 18.2 Å². The quantitative estimate of drug-likeness (QED) is 0.525. The SMILES string of the molecule is CN(C)CCCOc1cccc(NC(=O)Cc2ccc(N)cc2)c1.Cl.Cl. The van der Waals surface area contributed by atoms with Gasteiger partial charge in [0.2, 0.25) is 5.91 Å². The van der Waals surface area contributed by atoms with Crippen molar-refractivity contribution in [3.63, 3.8) is 0 Å². The molecule has 1 amide bonds. The number of carbonyl (C=O) groups excluding carboxylic acids is 1. The summed E-state index contributed by atoms with van der Waals surface area (Å²) in [5.74, 6) is 0.698. The molecule has 0 saturated carbocycles. The molecule has 26 heavy (non-hydrogen) atoms. The average Bonchev–Trinajstić information content (AvgIpc) is 2.54. The minimum atomic E-state index is -0.0653. The van der Waals surface area contributed by atoms with E-state index in [0.717, 1.165) is 30.0 Å². The molecule has 0 heterocycles. The predicted molar refractivity (Wildman–Crippen MR) is 113 cm³/mol. The van der Waals surface area contributed by atoms with Crippen molar-refractivity contribution in [2.24, 2.45) is 0 Å². The van der Waals surface area contributed by atoms with E-state index in [4.69, 9.17) is 10.5 Å². The number of carbonyl (C=O) groups is 1. The third-order valence-electron chi connectivity index (χ3n) is 3.48. The van der Waals surface area contributed by atoms with Crippen LogP contribution in [0.3, 0.4) is 0 Å². The van der Waals surface area contributed by atoms with Crippen molar-refractivity contribution in [1.29, 1.82) is 0 Å². The molecule has 0 aliphatic heterocycles. The highest BCUT2D eigenvalue weighted by molar-refractivity contribution is 5.92. The van der Waals surface area contributed by atoms with Crippen LogP contribution >= 0.6 is 24.8 Å². The van der Waals surface area contributed by atoms with Crippen molar-refractivity contribution >= 4 is 42.1 Å². The molecule has 0 aromatic heterocycles. The number of nitrogens with two attached hydrogens (primary N) is 1. The number of benzene rings is 2. The summed E-state index contributed by atoms with van der Waals surface area (Å²) in [5, 5.41) is 2.90. The van der Waals surface area contributed by atoms with Gasteiger partial charge in [0.25, 0.3) is 0 Å². The van der Waals surface area contributed by atoms with Crippen molar-refractivity contribution in [2.45, 2.75) is 12.8 Å². The largest absolute Gasteiger partial charge is 0.493 e. The lowest BCUT2D eigenvalue weighted by atomic mass is 10.1. The van der Waals surface area contributed by atoms with Crippen molar-refractivity contribution in [3.8, 4) is 5.75 Å². The predicted octanol–water partition coefficient (Wildman–Crippen LogP) is 3.62. The van der Waals surface area contributed by atoms with Crippen LogP contribution < -0.4 is 15.8 Å². The van der Waals surface area contributed by atoms with Crippen molar-refractivity contribution in [3.05, 3.63) is 54.1 Å². The van der Waals surface area contributed by atoms with Gasteiger partial charge in [-0.3, -0.25) is 4.79 Å². The maximum absolute atomic E-state index is 12.1. The molecule has 5 nitrogen and oxygen atoms in total. The first-order valence-corrected chi connectivity index (χ1v) is 8.05. The molecular formula is C19H27Cl2N3O2. The summed E-state index contributed by atoms with van der Waals surface area (Å²) in [6, 6.07) is 14.8. The Balaban J connectivity index is 0.00000312. The fraction of sp³-hybridized carbons (Fsp3) is 0.316.